The molecule has 18 heteroatoms. The van der Waals surface area contributed by atoms with Gasteiger partial charge in [-0.2, -0.15) is 0 Å². The first-order chi connectivity index (χ1) is 46.8. The molecule has 95 heavy (non-hydrogen) atoms. The van der Waals surface area contributed by atoms with Crippen LogP contribution < -0.4 is 0 Å². The van der Waals surface area contributed by atoms with Crippen molar-refractivity contribution in [2.24, 2.45) is 5.11 Å². The molecule has 8 aromatic rings. The Bertz CT molecular complexity index is 3560. The van der Waals surface area contributed by atoms with Crippen LogP contribution in [0, 0.1) is 0 Å². The minimum absolute atomic E-state index is 0.0297. The Morgan fingerprint density at radius 3 is 1.05 bits per heavy atom. The molecule has 0 spiro atoms. The number of hydrogen-bond acceptors (Lipinski definition) is 16. The first-order valence-corrected chi connectivity index (χ1v) is 32.6. The van der Waals surface area contributed by atoms with E-state index >= 15 is 0 Å². The minimum atomic E-state index is -1.42. The predicted molar refractivity (Wildman–Crippen MR) is 352 cm³/mol. The van der Waals surface area contributed by atoms with E-state index in [4.69, 9.17) is 66.3 Å². The predicted octanol–water partition coefficient (Wildman–Crippen LogP) is 12.7. The number of aliphatic hydroxyl groups is 1. The fourth-order valence-corrected chi connectivity index (χ4v) is 12.7. The van der Waals surface area contributed by atoms with Crippen LogP contribution in [0.25, 0.3) is 10.4 Å². The highest BCUT2D eigenvalue weighted by atomic mass is 16.8. The second-order valence-electron chi connectivity index (χ2n) is 24.6. The maximum atomic E-state index is 11.5. The molecule has 1 saturated carbocycles. The van der Waals surface area contributed by atoms with Gasteiger partial charge in [-0.05, 0) is 63.9 Å². The van der Waals surface area contributed by atoms with Crippen LogP contribution >= 0.6 is 0 Å². The lowest BCUT2D eigenvalue weighted by atomic mass is 9.83. The maximum Gasteiger partial charge on any atom is 0.187 e. The van der Waals surface area contributed by atoms with Crippen LogP contribution in [0.4, 0.5) is 0 Å². The highest BCUT2D eigenvalue weighted by Gasteiger charge is 2.63. The lowest BCUT2D eigenvalue weighted by Crippen LogP contribution is -2.68. The zero-order valence-corrected chi connectivity index (χ0v) is 53.4. The second-order valence-corrected chi connectivity index (χ2v) is 24.6. The average Bonchev–Trinajstić information content (AvgIpc) is 1.75. The number of fused-ring (bicyclic) bond motifs is 1. The van der Waals surface area contributed by atoms with Crippen molar-refractivity contribution in [3.63, 3.8) is 0 Å². The van der Waals surface area contributed by atoms with Crippen LogP contribution in [0.15, 0.2) is 248 Å². The van der Waals surface area contributed by atoms with Crippen molar-refractivity contribution < 1.29 is 71.4 Å². The van der Waals surface area contributed by atoms with E-state index in [1.165, 1.54) is 0 Å². The van der Waals surface area contributed by atoms with Gasteiger partial charge in [-0.3, -0.25) is 0 Å². The summed E-state index contributed by atoms with van der Waals surface area (Å²) in [5.41, 5.74) is 18.1. The molecule has 0 radical (unpaired) electrons. The number of nitrogens with zero attached hydrogens (tertiary/aromatic N) is 3. The molecule has 1 aliphatic carbocycles. The van der Waals surface area contributed by atoms with E-state index in [0.29, 0.717) is 0 Å². The largest absolute Gasteiger partial charge is 0.394 e. The summed E-state index contributed by atoms with van der Waals surface area (Å²) in [6.07, 6.45) is -15.5. The standard InChI is InChI=1S/C77H83N3O15/c1-77(2)94-72-70(88-50-59-39-23-9-24-40-59)68(86-48-57-35-19-7-20-36-57)69(87-49-58-37-21-8-22-38-58)71(73(72)95-77)93-75-63(79-80-78)66(84-46-55-31-15-5-16-32-55)65(62(91-75)52-82-44-53-27-11-3-12-28-53)92-76-74(89-51-60-41-25-10-26-42-60)67(85-47-56-33-17-6-18-34-56)64(61(43-81)90-76)83-45-54-29-13-4-14-30-54/h3-42,61-76,81H,43-52H2,1-2H3. The van der Waals surface area contributed by atoms with Crippen molar-refractivity contribution in [2.45, 2.75) is 170 Å². The van der Waals surface area contributed by atoms with Crippen LogP contribution in [0.3, 0.4) is 0 Å². The molecular weight excluding hydrogens is 1210 g/mol. The van der Waals surface area contributed by atoms with Crippen molar-refractivity contribution >= 4 is 0 Å². The molecule has 18 nitrogen and oxygen atoms in total. The van der Waals surface area contributed by atoms with Gasteiger partial charge in [0, 0.05) is 4.91 Å². The summed E-state index contributed by atoms with van der Waals surface area (Å²) in [6, 6.07) is 77.2. The number of benzene rings is 8. The Morgan fingerprint density at radius 1 is 0.358 bits per heavy atom. The quantitative estimate of drug-likeness (QED) is 0.0244. The highest BCUT2D eigenvalue weighted by Crippen LogP contribution is 2.45. The van der Waals surface area contributed by atoms with Gasteiger partial charge in [0.15, 0.2) is 18.4 Å². The molecule has 3 aliphatic heterocycles. The SMILES string of the molecule is CC1(C)OC2C(OCc3ccccc3)C(OCc3ccccc3)C(OCc3ccccc3)C(OC3OC(COCc4ccccc4)C(OC4OC(CO)C(OCc5ccccc5)C(OCc5ccccc5)C4OCc4ccccc4)C(OCc4ccccc4)C3N=[N+]=[N-])C2O1. The smallest absolute Gasteiger partial charge is 0.187 e. The molecule has 8 aromatic carbocycles. The Hall–Kier alpha value is -7.53. The first-order valence-electron chi connectivity index (χ1n) is 32.6. The van der Waals surface area contributed by atoms with Crippen LogP contribution in [0.1, 0.15) is 58.4 Å². The Labute approximate surface area is 555 Å². The summed E-state index contributed by atoms with van der Waals surface area (Å²) in [7, 11) is 0. The van der Waals surface area contributed by atoms with Gasteiger partial charge in [-0.1, -0.05) is 248 Å². The molecule has 3 heterocycles. The van der Waals surface area contributed by atoms with Gasteiger partial charge in [0.25, 0.3) is 0 Å². The minimum Gasteiger partial charge on any atom is -0.394 e. The molecule has 496 valence electrons. The summed E-state index contributed by atoms with van der Waals surface area (Å²) in [5, 5.41) is 16.1. The normalized spacial score (nSPS) is 27.9. The fraction of sp³-hybridized carbons (Fsp3) is 0.377. The first kappa shape index (κ1) is 67.5. The van der Waals surface area contributed by atoms with Gasteiger partial charge in [-0.15, -0.1) is 0 Å². The lowest BCUT2D eigenvalue weighted by Gasteiger charge is -2.51. The monoisotopic (exact) mass is 1290 g/mol. The second kappa shape index (κ2) is 33.9. The third-order valence-electron chi connectivity index (χ3n) is 17.3. The Balaban J connectivity index is 0.950. The highest BCUT2D eigenvalue weighted by molar-refractivity contribution is 5.21. The van der Waals surface area contributed by atoms with Crippen molar-refractivity contribution in [1.82, 2.24) is 0 Å². The van der Waals surface area contributed by atoms with E-state index in [1.54, 1.807) is 0 Å². The molecule has 3 saturated heterocycles. The fourth-order valence-electron chi connectivity index (χ4n) is 12.7. The molecule has 0 bridgehead atoms. The van der Waals surface area contributed by atoms with Crippen molar-refractivity contribution in [1.29, 1.82) is 0 Å². The number of ether oxygens (including phenoxy) is 14. The number of aliphatic hydroxyl groups excluding tert-OH is 1. The van der Waals surface area contributed by atoms with Crippen LogP contribution in [0.2, 0.25) is 0 Å². The van der Waals surface area contributed by atoms with Gasteiger partial charge < -0.3 is 71.4 Å². The maximum absolute atomic E-state index is 11.5. The van der Waals surface area contributed by atoms with Gasteiger partial charge in [0.2, 0.25) is 0 Å². The third-order valence-corrected chi connectivity index (χ3v) is 17.3. The molecule has 0 aromatic heterocycles. The van der Waals surface area contributed by atoms with E-state index in [2.05, 4.69) is 10.0 Å². The van der Waals surface area contributed by atoms with Gasteiger partial charge in [0.05, 0.1) is 66.1 Å². The van der Waals surface area contributed by atoms with E-state index < -0.39 is 110 Å². The van der Waals surface area contributed by atoms with E-state index in [-0.39, 0.29) is 59.5 Å². The summed E-state index contributed by atoms with van der Waals surface area (Å²) in [5.74, 6) is -1.16. The van der Waals surface area contributed by atoms with Gasteiger partial charge in [0.1, 0.15) is 85.4 Å². The van der Waals surface area contributed by atoms with Crippen molar-refractivity contribution in [2.75, 3.05) is 13.2 Å². The molecule has 0 amide bonds. The van der Waals surface area contributed by atoms with E-state index in [9.17, 15) is 10.6 Å². The van der Waals surface area contributed by atoms with Crippen LogP contribution in [-0.2, 0) is 119 Å². The summed E-state index contributed by atoms with van der Waals surface area (Å²) in [6.45, 7) is 4.31. The molecule has 12 rings (SSSR count). The molecule has 4 fully saturated rings. The van der Waals surface area contributed by atoms with Gasteiger partial charge >= 0.3 is 0 Å². The molecule has 4 aliphatic rings. The van der Waals surface area contributed by atoms with Gasteiger partial charge in [-0.25, -0.2) is 0 Å². The number of azide groups is 1. The third kappa shape index (κ3) is 18.1. The lowest BCUT2D eigenvalue weighted by molar-refractivity contribution is -0.371. The topological polar surface area (TPSA) is 198 Å². The average molecular weight is 1290 g/mol. The van der Waals surface area contributed by atoms with Crippen molar-refractivity contribution in [3.8, 4) is 0 Å². The molecule has 16 unspecified atom stereocenters. The summed E-state index contributed by atoms with van der Waals surface area (Å²) < 4.78 is 99.4. The van der Waals surface area contributed by atoms with Crippen molar-refractivity contribution in [3.05, 3.63) is 298 Å². The molecule has 16 atom stereocenters. The summed E-state index contributed by atoms with van der Waals surface area (Å²) in [4.78, 5) is 3.51. The Morgan fingerprint density at radius 2 is 0.663 bits per heavy atom. The van der Waals surface area contributed by atoms with Crippen LogP contribution in [-0.4, -0.2) is 122 Å². The number of rotatable bonds is 31. The summed E-state index contributed by atoms with van der Waals surface area (Å²) >= 11 is 0. The zero-order chi connectivity index (χ0) is 65.0. The zero-order valence-electron chi connectivity index (χ0n) is 53.4. The molecule has 1 N–H and O–H groups in total. The van der Waals surface area contributed by atoms with Crippen LogP contribution in [0.5, 0.6) is 0 Å². The number of hydrogen-bond donors (Lipinski definition) is 1. The van der Waals surface area contributed by atoms with E-state index in [0.717, 1.165) is 44.5 Å². The molecular formula is C77H83N3O15. The van der Waals surface area contributed by atoms with E-state index in [1.807, 2.05) is 257 Å². The Kier molecular flexibility index (Phi) is 24.1.